The summed E-state index contributed by atoms with van der Waals surface area (Å²) in [5.41, 5.74) is 0.762. The van der Waals surface area contributed by atoms with E-state index in [0.717, 1.165) is 11.6 Å². The highest BCUT2D eigenvalue weighted by Crippen LogP contribution is 2.16. The zero-order valence-electron chi connectivity index (χ0n) is 12.8. The molecule has 0 radical (unpaired) electrons. The molecule has 1 amide bonds. The normalized spacial score (nSPS) is 12.1. The molecule has 0 saturated carbocycles. The lowest BCUT2D eigenvalue weighted by Gasteiger charge is -2.14. The van der Waals surface area contributed by atoms with Gasteiger partial charge in [-0.05, 0) is 42.8 Å². The van der Waals surface area contributed by atoms with Crippen molar-refractivity contribution in [3.05, 3.63) is 80.9 Å². The maximum atomic E-state index is 13.3. The quantitative estimate of drug-likeness (QED) is 0.759. The summed E-state index contributed by atoms with van der Waals surface area (Å²) >= 11 is 5.84. The topological polar surface area (TPSA) is 62.0 Å². The van der Waals surface area contributed by atoms with Gasteiger partial charge in [0, 0.05) is 22.1 Å². The van der Waals surface area contributed by atoms with Gasteiger partial charge in [-0.1, -0.05) is 23.7 Å². The molecule has 24 heavy (non-hydrogen) atoms. The molecule has 2 N–H and O–H groups in total. The van der Waals surface area contributed by atoms with E-state index < -0.39 is 17.2 Å². The van der Waals surface area contributed by atoms with Gasteiger partial charge in [-0.3, -0.25) is 9.59 Å². The Kier molecular flexibility index (Phi) is 4.36. The molecule has 3 aromatic rings. The van der Waals surface area contributed by atoms with Gasteiger partial charge in [0.05, 0.1) is 6.04 Å². The van der Waals surface area contributed by atoms with Crippen LogP contribution in [0.25, 0.3) is 10.9 Å². The van der Waals surface area contributed by atoms with E-state index in [9.17, 15) is 14.0 Å². The lowest BCUT2D eigenvalue weighted by atomic mass is 10.1. The maximum Gasteiger partial charge on any atom is 0.257 e. The minimum atomic E-state index is -0.528. The monoisotopic (exact) mass is 344 g/mol. The molecule has 2 aromatic carbocycles. The van der Waals surface area contributed by atoms with Crippen molar-refractivity contribution in [3.63, 3.8) is 0 Å². The summed E-state index contributed by atoms with van der Waals surface area (Å²) in [4.78, 5) is 27.7. The van der Waals surface area contributed by atoms with Crippen LogP contribution in [0.15, 0.2) is 53.5 Å². The number of fused-ring (bicyclic) bond motifs is 1. The highest BCUT2D eigenvalue weighted by atomic mass is 35.5. The number of nitrogens with one attached hydrogen (secondary N) is 2. The molecular formula is C18H14ClFN2O2. The SMILES string of the molecule is CC(NC(=O)c1c[nH]c2ccc(F)cc2c1=O)c1ccc(Cl)cc1. The molecule has 1 unspecified atom stereocenters. The van der Waals surface area contributed by atoms with Crippen molar-refractivity contribution in [2.45, 2.75) is 13.0 Å². The van der Waals surface area contributed by atoms with Gasteiger partial charge in [-0.2, -0.15) is 0 Å². The third-order valence-electron chi connectivity index (χ3n) is 3.81. The molecule has 1 aromatic heterocycles. The van der Waals surface area contributed by atoms with E-state index in [2.05, 4.69) is 10.3 Å². The number of hydrogen-bond acceptors (Lipinski definition) is 2. The highest BCUT2D eigenvalue weighted by molar-refractivity contribution is 6.30. The molecule has 4 nitrogen and oxygen atoms in total. The van der Waals surface area contributed by atoms with Crippen LogP contribution in [-0.4, -0.2) is 10.9 Å². The molecule has 0 spiro atoms. The molecule has 0 fully saturated rings. The fraction of sp³-hybridized carbons (Fsp3) is 0.111. The van der Waals surface area contributed by atoms with E-state index in [1.807, 2.05) is 0 Å². The Labute approximate surface area is 142 Å². The number of aromatic amines is 1. The van der Waals surface area contributed by atoms with Gasteiger partial charge >= 0.3 is 0 Å². The van der Waals surface area contributed by atoms with Crippen LogP contribution in [0.1, 0.15) is 28.9 Å². The number of pyridine rings is 1. The average molecular weight is 345 g/mol. The van der Waals surface area contributed by atoms with Crippen molar-refractivity contribution in [2.75, 3.05) is 0 Å². The van der Waals surface area contributed by atoms with Crippen molar-refractivity contribution in [1.29, 1.82) is 0 Å². The third-order valence-corrected chi connectivity index (χ3v) is 4.06. The molecule has 1 heterocycles. The number of H-pyrrole nitrogens is 1. The molecule has 1 atom stereocenters. The first-order valence-electron chi connectivity index (χ1n) is 7.33. The van der Waals surface area contributed by atoms with Crippen molar-refractivity contribution >= 4 is 28.4 Å². The molecule has 6 heteroatoms. The number of carbonyl (C=O) groups is 1. The fourth-order valence-electron chi connectivity index (χ4n) is 2.47. The first kappa shape index (κ1) is 16.2. The Morgan fingerprint density at radius 3 is 2.62 bits per heavy atom. The Balaban J connectivity index is 1.90. The number of amides is 1. The smallest absolute Gasteiger partial charge is 0.257 e. The summed E-state index contributed by atoms with van der Waals surface area (Å²) in [6, 6.07) is 10.6. The predicted molar refractivity (Wildman–Crippen MR) is 91.9 cm³/mol. The van der Waals surface area contributed by atoms with Crippen molar-refractivity contribution in [3.8, 4) is 0 Å². The van der Waals surface area contributed by atoms with Crippen LogP contribution in [-0.2, 0) is 0 Å². The van der Waals surface area contributed by atoms with Gasteiger partial charge in [0.1, 0.15) is 11.4 Å². The Hall–Kier alpha value is -2.66. The summed E-state index contributed by atoms with van der Waals surface area (Å²) in [6.07, 6.45) is 1.34. The van der Waals surface area contributed by atoms with Crippen molar-refractivity contribution < 1.29 is 9.18 Å². The van der Waals surface area contributed by atoms with Crippen LogP contribution >= 0.6 is 11.6 Å². The van der Waals surface area contributed by atoms with Crippen LogP contribution in [0.3, 0.4) is 0 Å². The van der Waals surface area contributed by atoms with Gasteiger partial charge < -0.3 is 10.3 Å². The molecule has 0 aliphatic heterocycles. The molecular weight excluding hydrogens is 331 g/mol. The van der Waals surface area contributed by atoms with E-state index in [4.69, 9.17) is 11.6 Å². The van der Waals surface area contributed by atoms with E-state index in [1.165, 1.54) is 18.3 Å². The zero-order valence-corrected chi connectivity index (χ0v) is 13.5. The molecule has 0 saturated heterocycles. The Morgan fingerprint density at radius 2 is 1.92 bits per heavy atom. The number of carbonyl (C=O) groups excluding carboxylic acids is 1. The lowest BCUT2D eigenvalue weighted by molar-refractivity contribution is 0.0938. The first-order chi connectivity index (χ1) is 11.5. The summed E-state index contributed by atoms with van der Waals surface area (Å²) in [6.45, 7) is 1.80. The van der Waals surface area contributed by atoms with Crippen molar-refractivity contribution in [1.82, 2.24) is 10.3 Å². The van der Waals surface area contributed by atoms with E-state index in [1.54, 1.807) is 31.2 Å². The zero-order chi connectivity index (χ0) is 17.3. The first-order valence-corrected chi connectivity index (χ1v) is 7.71. The summed E-state index contributed by atoms with van der Waals surface area (Å²) in [7, 11) is 0. The molecule has 0 aliphatic carbocycles. The summed E-state index contributed by atoms with van der Waals surface area (Å²) in [5, 5.41) is 3.50. The lowest BCUT2D eigenvalue weighted by Crippen LogP contribution is -2.31. The summed E-state index contributed by atoms with van der Waals surface area (Å²) in [5.74, 6) is -1.05. The van der Waals surface area contributed by atoms with Crippen LogP contribution in [0.2, 0.25) is 5.02 Å². The second-order valence-corrected chi connectivity index (χ2v) is 5.90. The van der Waals surface area contributed by atoms with Gasteiger partial charge in [0.15, 0.2) is 0 Å². The predicted octanol–water partition coefficient (Wildman–Crippen LogP) is 3.81. The highest BCUT2D eigenvalue weighted by Gasteiger charge is 2.16. The Bertz CT molecular complexity index is 967. The van der Waals surface area contributed by atoms with Crippen LogP contribution in [0, 0.1) is 5.82 Å². The number of benzene rings is 2. The van der Waals surface area contributed by atoms with E-state index in [0.29, 0.717) is 10.5 Å². The number of hydrogen-bond donors (Lipinski definition) is 2. The number of halogens is 2. The maximum absolute atomic E-state index is 13.3. The van der Waals surface area contributed by atoms with E-state index in [-0.39, 0.29) is 17.0 Å². The molecule has 0 aliphatic rings. The standard InChI is InChI=1S/C18H14ClFN2O2/c1-10(11-2-4-12(19)5-3-11)22-18(24)15-9-21-16-7-6-13(20)8-14(16)17(15)23/h2-10H,1H3,(H,21,23)(H,22,24). The van der Waals surface area contributed by atoms with Crippen LogP contribution in [0.5, 0.6) is 0 Å². The largest absolute Gasteiger partial charge is 0.360 e. The molecule has 0 bridgehead atoms. The number of aromatic nitrogens is 1. The van der Waals surface area contributed by atoms with Crippen LogP contribution in [0.4, 0.5) is 4.39 Å². The second-order valence-electron chi connectivity index (χ2n) is 5.47. The fourth-order valence-corrected chi connectivity index (χ4v) is 2.59. The van der Waals surface area contributed by atoms with Crippen LogP contribution < -0.4 is 10.7 Å². The summed E-state index contributed by atoms with van der Waals surface area (Å²) < 4.78 is 13.3. The number of rotatable bonds is 3. The van der Waals surface area contributed by atoms with E-state index >= 15 is 0 Å². The van der Waals surface area contributed by atoms with Gasteiger partial charge in [0.25, 0.3) is 5.91 Å². The van der Waals surface area contributed by atoms with Gasteiger partial charge in [-0.25, -0.2) is 4.39 Å². The second kappa shape index (κ2) is 6.45. The molecule has 3 rings (SSSR count). The van der Waals surface area contributed by atoms with Gasteiger partial charge in [-0.15, -0.1) is 0 Å². The minimum Gasteiger partial charge on any atom is -0.360 e. The molecule has 122 valence electrons. The third kappa shape index (κ3) is 3.16. The average Bonchev–Trinajstić information content (AvgIpc) is 2.56. The van der Waals surface area contributed by atoms with Crippen molar-refractivity contribution in [2.24, 2.45) is 0 Å². The minimum absolute atomic E-state index is 0.0612. The van der Waals surface area contributed by atoms with Gasteiger partial charge in [0.2, 0.25) is 5.43 Å². The Morgan fingerprint density at radius 1 is 1.21 bits per heavy atom.